The largest absolute Gasteiger partial charge is 0.341 e. The van der Waals surface area contributed by atoms with Crippen LogP contribution in [0.4, 0.5) is 5.95 Å². The van der Waals surface area contributed by atoms with Crippen LogP contribution in [0.5, 0.6) is 0 Å². The molecule has 0 saturated carbocycles. The Bertz CT molecular complexity index is 605. The number of nitrogens with one attached hydrogen (secondary N) is 1. The third-order valence-corrected chi connectivity index (χ3v) is 5.36. The van der Waals surface area contributed by atoms with Crippen molar-refractivity contribution in [1.29, 1.82) is 0 Å². The van der Waals surface area contributed by atoms with Gasteiger partial charge in [-0.1, -0.05) is 0 Å². The van der Waals surface area contributed by atoms with E-state index >= 15 is 0 Å². The molecule has 2 fully saturated rings. The summed E-state index contributed by atoms with van der Waals surface area (Å²) in [7, 11) is -3.29. The zero-order chi connectivity index (χ0) is 14.9. The molecule has 7 heteroatoms. The van der Waals surface area contributed by atoms with E-state index in [4.69, 9.17) is 0 Å². The molecule has 1 aromatic rings. The van der Waals surface area contributed by atoms with Gasteiger partial charge in [0, 0.05) is 31.8 Å². The van der Waals surface area contributed by atoms with Crippen LogP contribution in [0, 0.1) is 0 Å². The second kappa shape index (κ2) is 5.88. The van der Waals surface area contributed by atoms with Gasteiger partial charge in [0.1, 0.15) is 4.90 Å². The van der Waals surface area contributed by atoms with E-state index in [0.717, 1.165) is 51.9 Å². The number of piperidine rings is 1. The molecule has 0 bridgehead atoms. The number of hydrogen-bond acceptors (Lipinski definition) is 6. The minimum Gasteiger partial charge on any atom is -0.341 e. The van der Waals surface area contributed by atoms with Gasteiger partial charge in [-0.3, -0.25) is 0 Å². The highest BCUT2D eigenvalue weighted by atomic mass is 32.2. The number of sulfone groups is 1. The van der Waals surface area contributed by atoms with Crippen molar-refractivity contribution in [1.82, 2.24) is 15.3 Å². The standard InChI is InChI=1S/C14H22N4O2S/c1-21(19,20)12-10-16-14(18-7-2-3-8-18)17-13(12)11-5-4-6-15-9-11/h10-11,15H,2-9H2,1H3. The fourth-order valence-corrected chi connectivity index (χ4v) is 3.94. The fourth-order valence-electron chi connectivity index (χ4n) is 3.11. The summed E-state index contributed by atoms with van der Waals surface area (Å²) >= 11 is 0. The lowest BCUT2D eigenvalue weighted by Gasteiger charge is -2.25. The Morgan fingerprint density at radius 1 is 1.29 bits per heavy atom. The molecule has 1 aromatic heterocycles. The van der Waals surface area contributed by atoms with Gasteiger partial charge in [0.2, 0.25) is 5.95 Å². The second-order valence-electron chi connectivity index (χ2n) is 5.93. The first-order valence-electron chi connectivity index (χ1n) is 7.58. The molecule has 3 heterocycles. The molecule has 0 spiro atoms. The van der Waals surface area contributed by atoms with Gasteiger partial charge in [-0.15, -0.1) is 0 Å². The van der Waals surface area contributed by atoms with Gasteiger partial charge in [0.15, 0.2) is 9.84 Å². The van der Waals surface area contributed by atoms with E-state index in [0.29, 0.717) is 16.5 Å². The summed E-state index contributed by atoms with van der Waals surface area (Å²) < 4.78 is 24.0. The minimum absolute atomic E-state index is 0.160. The van der Waals surface area contributed by atoms with Crippen molar-refractivity contribution in [3.05, 3.63) is 11.9 Å². The highest BCUT2D eigenvalue weighted by molar-refractivity contribution is 7.90. The van der Waals surface area contributed by atoms with Crippen molar-refractivity contribution < 1.29 is 8.42 Å². The van der Waals surface area contributed by atoms with E-state index in [2.05, 4.69) is 20.2 Å². The zero-order valence-electron chi connectivity index (χ0n) is 12.4. The maximum Gasteiger partial charge on any atom is 0.225 e. The topological polar surface area (TPSA) is 75.2 Å². The molecule has 0 radical (unpaired) electrons. The molecule has 2 aliphatic rings. The van der Waals surface area contributed by atoms with Crippen LogP contribution in [0.15, 0.2) is 11.1 Å². The summed E-state index contributed by atoms with van der Waals surface area (Å²) in [6, 6.07) is 0. The van der Waals surface area contributed by atoms with Crippen LogP contribution in [0.25, 0.3) is 0 Å². The Morgan fingerprint density at radius 2 is 2.05 bits per heavy atom. The van der Waals surface area contributed by atoms with E-state index in [1.54, 1.807) is 0 Å². The summed E-state index contributed by atoms with van der Waals surface area (Å²) in [6.45, 7) is 3.70. The average molecular weight is 310 g/mol. The number of aromatic nitrogens is 2. The van der Waals surface area contributed by atoms with Gasteiger partial charge in [0.25, 0.3) is 0 Å². The molecular weight excluding hydrogens is 288 g/mol. The van der Waals surface area contributed by atoms with E-state index in [9.17, 15) is 8.42 Å². The van der Waals surface area contributed by atoms with Gasteiger partial charge >= 0.3 is 0 Å². The lowest BCUT2D eigenvalue weighted by Crippen LogP contribution is -2.30. The molecule has 2 saturated heterocycles. The molecule has 1 N–H and O–H groups in total. The van der Waals surface area contributed by atoms with Crippen molar-refractivity contribution in [3.63, 3.8) is 0 Å². The van der Waals surface area contributed by atoms with Gasteiger partial charge in [-0.25, -0.2) is 18.4 Å². The number of rotatable bonds is 3. The highest BCUT2D eigenvalue weighted by Crippen LogP contribution is 2.29. The summed E-state index contributed by atoms with van der Waals surface area (Å²) in [6.07, 6.45) is 7.07. The maximum absolute atomic E-state index is 12.0. The molecule has 0 aromatic carbocycles. The predicted molar refractivity (Wildman–Crippen MR) is 81.4 cm³/mol. The average Bonchev–Trinajstić information content (AvgIpc) is 3.01. The van der Waals surface area contributed by atoms with Crippen LogP contribution < -0.4 is 10.2 Å². The lowest BCUT2D eigenvalue weighted by molar-refractivity contribution is 0.447. The second-order valence-corrected chi connectivity index (χ2v) is 7.91. The minimum atomic E-state index is -3.29. The quantitative estimate of drug-likeness (QED) is 0.896. The first-order valence-corrected chi connectivity index (χ1v) is 9.47. The van der Waals surface area contributed by atoms with Crippen LogP contribution in [0.3, 0.4) is 0 Å². The molecular formula is C14H22N4O2S. The molecule has 0 amide bonds. The van der Waals surface area contributed by atoms with E-state index in [1.807, 2.05) is 0 Å². The Kier molecular flexibility index (Phi) is 4.12. The normalized spacial score (nSPS) is 23.5. The zero-order valence-corrected chi connectivity index (χ0v) is 13.2. The SMILES string of the molecule is CS(=O)(=O)c1cnc(N2CCCC2)nc1C1CCCNC1. The maximum atomic E-state index is 12.0. The summed E-state index contributed by atoms with van der Waals surface area (Å²) in [5, 5.41) is 3.33. The Balaban J connectivity index is 2.00. The molecule has 3 rings (SSSR count). The van der Waals surface area contributed by atoms with Crippen LogP contribution in [-0.2, 0) is 9.84 Å². The molecule has 1 unspecified atom stereocenters. The first kappa shape index (κ1) is 14.7. The number of hydrogen-bond donors (Lipinski definition) is 1. The Hall–Kier alpha value is -1.21. The molecule has 0 aliphatic carbocycles. The fraction of sp³-hybridized carbons (Fsp3) is 0.714. The van der Waals surface area contributed by atoms with E-state index in [-0.39, 0.29) is 5.92 Å². The van der Waals surface area contributed by atoms with Gasteiger partial charge in [0.05, 0.1) is 11.9 Å². The van der Waals surface area contributed by atoms with Crippen LogP contribution in [0.1, 0.15) is 37.3 Å². The van der Waals surface area contributed by atoms with Crippen LogP contribution >= 0.6 is 0 Å². The van der Waals surface area contributed by atoms with Gasteiger partial charge in [-0.2, -0.15) is 0 Å². The summed E-state index contributed by atoms with van der Waals surface area (Å²) in [5.41, 5.74) is 0.696. The molecule has 116 valence electrons. The third-order valence-electron chi connectivity index (χ3n) is 4.24. The van der Waals surface area contributed by atoms with Crippen molar-refractivity contribution in [2.45, 2.75) is 36.5 Å². The van der Waals surface area contributed by atoms with Crippen LogP contribution in [-0.4, -0.2) is 50.8 Å². The number of anilines is 1. The van der Waals surface area contributed by atoms with Crippen molar-refractivity contribution in [3.8, 4) is 0 Å². The van der Waals surface area contributed by atoms with Crippen molar-refractivity contribution >= 4 is 15.8 Å². The first-order chi connectivity index (χ1) is 10.1. The van der Waals surface area contributed by atoms with Crippen molar-refractivity contribution in [2.24, 2.45) is 0 Å². The van der Waals surface area contributed by atoms with Gasteiger partial charge < -0.3 is 10.2 Å². The number of nitrogens with zero attached hydrogens (tertiary/aromatic N) is 3. The van der Waals surface area contributed by atoms with E-state index < -0.39 is 9.84 Å². The third kappa shape index (κ3) is 3.18. The molecule has 21 heavy (non-hydrogen) atoms. The Morgan fingerprint density at radius 3 is 2.67 bits per heavy atom. The predicted octanol–water partition coefficient (Wildman–Crippen LogP) is 0.947. The monoisotopic (exact) mass is 310 g/mol. The van der Waals surface area contributed by atoms with Gasteiger partial charge in [-0.05, 0) is 32.2 Å². The summed E-state index contributed by atoms with van der Waals surface area (Å²) in [5.74, 6) is 0.841. The summed E-state index contributed by atoms with van der Waals surface area (Å²) in [4.78, 5) is 11.4. The van der Waals surface area contributed by atoms with E-state index in [1.165, 1.54) is 12.5 Å². The Labute approximate surface area is 125 Å². The molecule has 1 atom stereocenters. The van der Waals surface area contributed by atoms with Crippen LogP contribution in [0.2, 0.25) is 0 Å². The molecule has 2 aliphatic heterocycles. The smallest absolute Gasteiger partial charge is 0.225 e. The lowest BCUT2D eigenvalue weighted by atomic mass is 9.96. The van der Waals surface area contributed by atoms with Crippen molar-refractivity contribution in [2.75, 3.05) is 37.3 Å². The molecule has 6 nitrogen and oxygen atoms in total. The highest BCUT2D eigenvalue weighted by Gasteiger charge is 2.26.